The van der Waals surface area contributed by atoms with E-state index >= 15 is 0 Å². The molecule has 0 saturated carbocycles. The first-order valence-electron chi connectivity index (χ1n) is 6.07. The number of benzene rings is 2. The highest BCUT2D eigenvalue weighted by Gasteiger charge is 2.17. The molecular weight excluding hydrogens is 434 g/mol. The van der Waals surface area contributed by atoms with Crippen molar-refractivity contribution in [3.8, 4) is 0 Å². The molecule has 1 unspecified atom stereocenters. The van der Waals surface area contributed by atoms with E-state index in [2.05, 4.69) is 83.6 Å². The van der Waals surface area contributed by atoms with Crippen molar-refractivity contribution in [2.45, 2.75) is 25.6 Å². The second kappa shape index (κ2) is 6.15. The number of hydrogen-bond acceptors (Lipinski definition) is 0. The third-order valence-corrected chi connectivity index (χ3v) is 6.17. The van der Waals surface area contributed by atoms with Gasteiger partial charge in [0.1, 0.15) is 0 Å². The maximum absolute atomic E-state index is 6.41. The molecule has 0 bridgehead atoms. The predicted octanol–water partition coefficient (Wildman–Crippen LogP) is 6.35. The first-order valence-corrected chi connectivity index (χ1v) is 8.44. The van der Waals surface area contributed by atoms with E-state index in [9.17, 15) is 0 Å². The number of alkyl halides is 1. The largest absolute Gasteiger partial charge is 0.0840 e. The van der Waals surface area contributed by atoms with Crippen molar-refractivity contribution in [1.82, 2.24) is 0 Å². The summed E-state index contributed by atoms with van der Waals surface area (Å²) in [7, 11) is 0. The van der Waals surface area contributed by atoms with Crippen molar-refractivity contribution in [1.29, 1.82) is 0 Å². The van der Waals surface area contributed by atoms with Gasteiger partial charge in [-0.15, -0.1) is 0 Å². The molecule has 2 aromatic rings. The van der Waals surface area contributed by atoms with Crippen LogP contribution in [0.5, 0.6) is 0 Å². The van der Waals surface area contributed by atoms with Gasteiger partial charge in [-0.3, -0.25) is 0 Å². The molecule has 0 aromatic heterocycles. The van der Waals surface area contributed by atoms with Gasteiger partial charge >= 0.3 is 0 Å². The summed E-state index contributed by atoms with van der Waals surface area (Å²) in [6, 6.07) is 10.6. The van der Waals surface area contributed by atoms with Crippen LogP contribution in [0.15, 0.2) is 30.3 Å². The van der Waals surface area contributed by atoms with Crippen LogP contribution in [0.25, 0.3) is 0 Å². The zero-order valence-corrected chi connectivity index (χ0v) is 15.6. The molecule has 100 valence electrons. The quantitative estimate of drug-likeness (QED) is 0.370. The fraction of sp³-hybridized carbons (Fsp3) is 0.250. The van der Waals surface area contributed by atoms with E-state index in [4.69, 9.17) is 11.6 Å². The topological polar surface area (TPSA) is 0 Å². The molecule has 0 heterocycles. The van der Waals surface area contributed by atoms with Crippen LogP contribution in [-0.2, 0) is 0 Å². The second-order valence-corrected chi connectivity index (χ2v) is 7.20. The van der Waals surface area contributed by atoms with Gasteiger partial charge in [0.25, 0.3) is 0 Å². The highest BCUT2D eigenvalue weighted by atomic mass is 127. The van der Waals surface area contributed by atoms with Gasteiger partial charge in [0.15, 0.2) is 0 Å². The van der Waals surface area contributed by atoms with Gasteiger partial charge in [0.2, 0.25) is 0 Å². The molecular formula is C16H15BrClI. The summed E-state index contributed by atoms with van der Waals surface area (Å²) in [5.41, 5.74) is 6.19. The summed E-state index contributed by atoms with van der Waals surface area (Å²) in [5, 5.41) is 0.822. The molecule has 3 heteroatoms. The van der Waals surface area contributed by atoms with Crippen molar-refractivity contribution >= 4 is 50.1 Å². The van der Waals surface area contributed by atoms with Crippen LogP contribution < -0.4 is 0 Å². The number of aryl methyl sites for hydroxylation is 3. The summed E-state index contributed by atoms with van der Waals surface area (Å²) in [6.45, 7) is 6.34. The monoisotopic (exact) mass is 448 g/mol. The van der Waals surface area contributed by atoms with Gasteiger partial charge in [0.05, 0.1) is 4.83 Å². The van der Waals surface area contributed by atoms with E-state index in [-0.39, 0.29) is 4.83 Å². The van der Waals surface area contributed by atoms with E-state index in [1.165, 1.54) is 25.8 Å². The Labute approximate surface area is 141 Å². The molecule has 0 aliphatic carbocycles. The number of hydrogen-bond donors (Lipinski definition) is 0. The van der Waals surface area contributed by atoms with Gasteiger partial charge in [-0.1, -0.05) is 51.8 Å². The summed E-state index contributed by atoms with van der Waals surface area (Å²) in [6.07, 6.45) is 0. The van der Waals surface area contributed by atoms with Crippen LogP contribution in [0, 0.1) is 24.3 Å². The summed E-state index contributed by atoms with van der Waals surface area (Å²) in [4.78, 5) is 0.131. The SMILES string of the molecule is Cc1cc(Cl)c(C(Br)c2cccc(C)c2I)cc1C. The van der Waals surface area contributed by atoms with Crippen molar-refractivity contribution in [3.63, 3.8) is 0 Å². The standard InChI is InChI=1S/C16H15BrClI/c1-9-5-4-6-12(16(9)19)15(17)13-7-10(2)11(3)8-14(13)18/h4-8,15H,1-3H3. The smallest absolute Gasteiger partial charge is 0.0669 e. The lowest BCUT2D eigenvalue weighted by Gasteiger charge is -2.17. The highest BCUT2D eigenvalue weighted by molar-refractivity contribution is 14.1. The zero-order valence-electron chi connectivity index (χ0n) is 11.1. The molecule has 0 radical (unpaired) electrons. The van der Waals surface area contributed by atoms with Gasteiger partial charge in [0, 0.05) is 8.59 Å². The first kappa shape index (κ1) is 15.3. The third-order valence-electron chi connectivity index (χ3n) is 3.38. The van der Waals surface area contributed by atoms with Crippen LogP contribution in [0.3, 0.4) is 0 Å². The lowest BCUT2D eigenvalue weighted by Crippen LogP contribution is -1.99. The fourth-order valence-electron chi connectivity index (χ4n) is 2.03. The Kier molecular flexibility index (Phi) is 4.96. The molecule has 0 amide bonds. The predicted molar refractivity (Wildman–Crippen MR) is 95.6 cm³/mol. The van der Waals surface area contributed by atoms with Gasteiger partial charge in [-0.25, -0.2) is 0 Å². The van der Waals surface area contributed by atoms with E-state index in [0.29, 0.717) is 0 Å². The summed E-state index contributed by atoms with van der Waals surface area (Å²) >= 11 is 12.6. The normalized spacial score (nSPS) is 12.5. The van der Waals surface area contributed by atoms with E-state index in [1.54, 1.807) is 0 Å². The first-order chi connectivity index (χ1) is 8.91. The van der Waals surface area contributed by atoms with Crippen LogP contribution in [0.4, 0.5) is 0 Å². The van der Waals surface area contributed by atoms with Crippen molar-refractivity contribution in [2.24, 2.45) is 0 Å². The molecule has 0 nitrogen and oxygen atoms in total. The van der Waals surface area contributed by atoms with Crippen LogP contribution in [-0.4, -0.2) is 0 Å². The summed E-state index contributed by atoms with van der Waals surface area (Å²) < 4.78 is 1.29. The highest BCUT2D eigenvalue weighted by Crippen LogP contribution is 2.39. The summed E-state index contributed by atoms with van der Waals surface area (Å²) in [5.74, 6) is 0. The Balaban J connectivity index is 2.53. The molecule has 0 N–H and O–H groups in total. The van der Waals surface area contributed by atoms with Gasteiger partial charge in [-0.2, -0.15) is 0 Å². The van der Waals surface area contributed by atoms with Gasteiger partial charge in [-0.05, 0) is 77.2 Å². The Morgan fingerprint density at radius 2 is 1.63 bits per heavy atom. The average molecular weight is 450 g/mol. The molecule has 0 aliphatic rings. The minimum absolute atomic E-state index is 0.131. The molecule has 2 rings (SSSR count). The van der Waals surface area contributed by atoms with Crippen LogP contribution in [0.1, 0.15) is 32.6 Å². The Morgan fingerprint density at radius 1 is 1.00 bits per heavy atom. The van der Waals surface area contributed by atoms with E-state index in [1.807, 2.05) is 6.07 Å². The minimum atomic E-state index is 0.131. The Hall–Kier alpha value is -0.0600. The Morgan fingerprint density at radius 3 is 2.32 bits per heavy atom. The maximum Gasteiger partial charge on any atom is 0.0669 e. The molecule has 0 saturated heterocycles. The van der Waals surface area contributed by atoms with E-state index < -0.39 is 0 Å². The zero-order chi connectivity index (χ0) is 14.2. The number of rotatable bonds is 2. The lowest BCUT2D eigenvalue weighted by atomic mass is 9.99. The molecule has 0 aliphatic heterocycles. The third kappa shape index (κ3) is 3.17. The fourth-order valence-corrected chi connectivity index (χ4v) is 4.35. The molecule has 19 heavy (non-hydrogen) atoms. The molecule has 1 atom stereocenters. The molecule has 0 fully saturated rings. The lowest BCUT2D eigenvalue weighted by molar-refractivity contribution is 1.13. The maximum atomic E-state index is 6.41. The number of halogens is 3. The molecule has 2 aromatic carbocycles. The average Bonchev–Trinajstić information content (AvgIpc) is 2.36. The van der Waals surface area contributed by atoms with Crippen LogP contribution in [0.2, 0.25) is 5.02 Å². The Bertz CT molecular complexity index is 622. The van der Waals surface area contributed by atoms with Crippen molar-refractivity contribution in [3.05, 3.63) is 66.7 Å². The van der Waals surface area contributed by atoms with Crippen molar-refractivity contribution in [2.75, 3.05) is 0 Å². The van der Waals surface area contributed by atoms with Crippen molar-refractivity contribution < 1.29 is 0 Å². The van der Waals surface area contributed by atoms with Crippen LogP contribution >= 0.6 is 50.1 Å². The minimum Gasteiger partial charge on any atom is -0.0840 e. The van der Waals surface area contributed by atoms with Gasteiger partial charge < -0.3 is 0 Å². The second-order valence-electron chi connectivity index (χ2n) is 4.80. The van der Waals surface area contributed by atoms with E-state index in [0.717, 1.165) is 10.6 Å². The molecule has 0 spiro atoms.